The van der Waals surface area contributed by atoms with Gasteiger partial charge in [-0.15, -0.1) is 0 Å². The topological polar surface area (TPSA) is 79.2 Å². The minimum absolute atomic E-state index is 0.192. The molecule has 4 atom stereocenters. The molecule has 1 fully saturated rings. The molecule has 1 aliphatic heterocycles. The average molecular weight is 355 g/mol. The summed E-state index contributed by atoms with van der Waals surface area (Å²) in [6.45, 7) is 0. The molecule has 0 saturated heterocycles. The Kier molecular flexibility index (Phi) is 4.30. The van der Waals surface area contributed by atoms with E-state index in [0.717, 1.165) is 11.4 Å². The van der Waals surface area contributed by atoms with E-state index < -0.39 is 24.2 Å². The number of anilines is 2. The Balaban J connectivity index is 1.79. The molecule has 1 aliphatic carbocycles. The van der Waals surface area contributed by atoms with Crippen LogP contribution in [0.2, 0.25) is 0 Å². The Hall–Kier alpha value is -2.57. The van der Waals surface area contributed by atoms with Gasteiger partial charge in [0.2, 0.25) is 0 Å². The van der Waals surface area contributed by atoms with Gasteiger partial charge in [0, 0.05) is 0 Å². The second kappa shape index (κ2) is 6.63. The highest BCUT2D eigenvalue weighted by Crippen LogP contribution is 2.49. The quantitative estimate of drug-likeness (QED) is 0.806. The smallest absolute Gasteiger partial charge is 0.308 e. The van der Waals surface area contributed by atoms with Gasteiger partial charge in [-0.1, -0.05) is 24.3 Å². The fourth-order valence-corrected chi connectivity index (χ4v) is 3.92. The van der Waals surface area contributed by atoms with Gasteiger partial charge < -0.3 is 24.6 Å². The van der Waals surface area contributed by atoms with E-state index in [1.165, 1.54) is 7.11 Å². The van der Waals surface area contributed by atoms with E-state index >= 15 is 0 Å². The van der Waals surface area contributed by atoms with Crippen molar-refractivity contribution in [1.82, 2.24) is 0 Å². The molecule has 26 heavy (non-hydrogen) atoms. The number of hydrogen-bond donors (Lipinski definition) is 2. The number of ether oxygens (including phenoxy) is 2. The van der Waals surface area contributed by atoms with Gasteiger partial charge in [0.1, 0.15) is 6.10 Å². The Morgan fingerprint density at radius 2 is 1.62 bits per heavy atom. The van der Waals surface area contributed by atoms with Crippen molar-refractivity contribution in [2.75, 3.05) is 12.0 Å². The van der Waals surface area contributed by atoms with Crippen LogP contribution in [0.25, 0.3) is 0 Å². The largest absolute Gasteiger partial charge is 0.469 e. The Labute approximate surface area is 151 Å². The fraction of sp³-hybridized carbons (Fsp3) is 0.350. The third-order valence-corrected chi connectivity index (χ3v) is 5.18. The average Bonchev–Trinajstić information content (AvgIpc) is 2.67. The number of carbonyl (C=O) groups is 1. The molecule has 0 aromatic heterocycles. The number of aliphatic hydroxyl groups is 2. The van der Waals surface area contributed by atoms with Crippen LogP contribution in [0.5, 0.6) is 11.5 Å². The number of rotatable bonds is 2. The summed E-state index contributed by atoms with van der Waals surface area (Å²) in [6, 6.07) is 14.6. The molecule has 2 N–H and O–H groups in total. The van der Waals surface area contributed by atoms with E-state index in [2.05, 4.69) is 0 Å². The lowest BCUT2D eigenvalue weighted by molar-refractivity contribution is -0.150. The summed E-state index contributed by atoms with van der Waals surface area (Å²) in [4.78, 5) is 14.0. The van der Waals surface area contributed by atoms with Crippen molar-refractivity contribution < 1.29 is 24.5 Å². The van der Waals surface area contributed by atoms with Gasteiger partial charge in [-0.05, 0) is 37.1 Å². The van der Waals surface area contributed by atoms with Crippen LogP contribution in [-0.4, -0.2) is 41.5 Å². The lowest BCUT2D eigenvalue weighted by Gasteiger charge is -2.45. The Morgan fingerprint density at radius 3 is 2.19 bits per heavy atom. The molecule has 2 aromatic rings. The molecule has 0 bridgehead atoms. The predicted molar refractivity (Wildman–Crippen MR) is 95.6 cm³/mol. The summed E-state index contributed by atoms with van der Waals surface area (Å²) >= 11 is 0. The van der Waals surface area contributed by atoms with Crippen molar-refractivity contribution >= 4 is 17.3 Å². The van der Waals surface area contributed by atoms with Crippen LogP contribution < -0.4 is 9.64 Å². The number of hydrogen-bond acceptors (Lipinski definition) is 6. The predicted octanol–water partition coefficient (Wildman–Crippen LogP) is 2.60. The van der Waals surface area contributed by atoms with Crippen molar-refractivity contribution in [3.8, 4) is 11.5 Å². The van der Waals surface area contributed by atoms with Gasteiger partial charge in [-0.25, -0.2) is 0 Å². The number of methoxy groups -OCH3 is 1. The molecular weight excluding hydrogens is 334 g/mol. The second-order valence-corrected chi connectivity index (χ2v) is 6.72. The number of esters is 1. The third kappa shape index (κ3) is 2.71. The van der Waals surface area contributed by atoms with Crippen LogP contribution in [0, 0.1) is 5.92 Å². The summed E-state index contributed by atoms with van der Waals surface area (Å²) in [5.74, 6) is 0.516. The highest BCUT2D eigenvalue weighted by Gasteiger charge is 2.44. The molecule has 6 heteroatoms. The number of para-hydroxylation sites is 4. The monoisotopic (exact) mass is 355 g/mol. The van der Waals surface area contributed by atoms with E-state index in [-0.39, 0.29) is 12.4 Å². The molecule has 4 rings (SSSR count). The zero-order valence-corrected chi connectivity index (χ0v) is 14.4. The number of benzene rings is 2. The molecule has 0 radical (unpaired) electrons. The minimum atomic E-state index is -1.000. The van der Waals surface area contributed by atoms with Crippen molar-refractivity contribution in [1.29, 1.82) is 0 Å². The van der Waals surface area contributed by atoms with Crippen molar-refractivity contribution in [2.45, 2.75) is 31.1 Å². The fourth-order valence-electron chi connectivity index (χ4n) is 3.92. The summed E-state index contributed by atoms with van der Waals surface area (Å²) in [5, 5.41) is 21.1. The second-order valence-electron chi connectivity index (χ2n) is 6.72. The Bertz CT molecular complexity index is 778. The standard InChI is InChI=1S/C20H21NO5/c1-25-20(24)12-10-15(19(23)16(22)11-12)21-13-6-2-4-8-17(13)26-18-9-5-3-7-14(18)21/h2-9,12,15-16,19,22-23H,10-11H2,1H3/t12-,15-,16-,19+/m0/s1. The first-order valence-electron chi connectivity index (χ1n) is 8.69. The number of aliphatic hydroxyl groups excluding tert-OH is 2. The zero-order chi connectivity index (χ0) is 18.3. The number of carbonyl (C=O) groups excluding carboxylic acids is 1. The highest BCUT2D eigenvalue weighted by atomic mass is 16.5. The van der Waals surface area contributed by atoms with E-state index in [1.807, 2.05) is 53.4 Å². The lowest BCUT2D eigenvalue weighted by atomic mass is 9.80. The number of fused-ring (bicyclic) bond motifs is 2. The lowest BCUT2D eigenvalue weighted by Crippen LogP contribution is -2.53. The van der Waals surface area contributed by atoms with Crippen LogP contribution in [0.3, 0.4) is 0 Å². The van der Waals surface area contributed by atoms with E-state index in [0.29, 0.717) is 17.9 Å². The van der Waals surface area contributed by atoms with Crippen LogP contribution >= 0.6 is 0 Å². The maximum Gasteiger partial charge on any atom is 0.308 e. The van der Waals surface area contributed by atoms with Crippen molar-refractivity contribution in [2.24, 2.45) is 5.92 Å². The minimum Gasteiger partial charge on any atom is -0.469 e. The van der Waals surface area contributed by atoms with Gasteiger partial charge >= 0.3 is 5.97 Å². The maximum atomic E-state index is 12.1. The van der Waals surface area contributed by atoms with Gasteiger partial charge in [-0.2, -0.15) is 0 Å². The van der Waals surface area contributed by atoms with Crippen LogP contribution in [0.1, 0.15) is 12.8 Å². The normalized spacial score (nSPS) is 27.1. The molecule has 0 unspecified atom stereocenters. The van der Waals surface area contributed by atoms with Crippen molar-refractivity contribution in [3.63, 3.8) is 0 Å². The molecule has 1 heterocycles. The van der Waals surface area contributed by atoms with Gasteiger partial charge in [-0.3, -0.25) is 4.79 Å². The maximum absolute atomic E-state index is 12.1. The summed E-state index contributed by atoms with van der Waals surface area (Å²) in [7, 11) is 1.34. The summed E-state index contributed by atoms with van der Waals surface area (Å²) < 4.78 is 10.9. The molecule has 1 saturated carbocycles. The van der Waals surface area contributed by atoms with Gasteiger partial charge in [0.25, 0.3) is 0 Å². The molecule has 136 valence electrons. The van der Waals surface area contributed by atoms with E-state index in [4.69, 9.17) is 9.47 Å². The first-order chi connectivity index (χ1) is 12.6. The molecule has 2 aromatic carbocycles. The SMILES string of the molecule is COC(=O)[C@@H]1C[C@H](O)[C@H](O)[C@@H](N2c3ccccc3Oc3ccccc32)C1. The van der Waals surface area contributed by atoms with Crippen molar-refractivity contribution in [3.05, 3.63) is 48.5 Å². The summed E-state index contributed by atoms with van der Waals surface area (Å²) in [5.41, 5.74) is 1.60. The Morgan fingerprint density at radius 1 is 1.04 bits per heavy atom. The van der Waals surface area contributed by atoms with E-state index in [1.54, 1.807) is 0 Å². The third-order valence-electron chi connectivity index (χ3n) is 5.18. The molecule has 6 nitrogen and oxygen atoms in total. The zero-order valence-electron chi connectivity index (χ0n) is 14.4. The number of nitrogens with zero attached hydrogens (tertiary/aromatic N) is 1. The van der Waals surface area contributed by atoms with Crippen LogP contribution in [0.15, 0.2) is 48.5 Å². The molecule has 0 amide bonds. The molecular formula is C20H21NO5. The van der Waals surface area contributed by atoms with Gasteiger partial charge in [0.05, 0.1) is 36.5 Å². The van der Waals surface area contributed by atoms with Crippen LogP contribution in [0.4, 0.5) is 11.4 Å². The first-order valence-corrected chi connectivity index (χ1v) is 8.69. The highest BCUT2D eigenvalue weighted by molar-refractivity contribution is 5.79. The van der Waals surface area contributed by atoms with Crippen LogP contribution in [-0.2, 0) is 9.53 Å². The molecule has 0 spiro atoms. The van der Waals surface area contributed by atoms with Gasteiger partial charge in [0.15, 0.2) is 11.5 Å². The molecule has 2 aliphatic rings. The summed E-state index contributed by atoms with van der Waals surface area (Å²) in [6.07, 6.45) is -1.42. The first kappa shape index (κ1) is 16.9. The van der Waals surface area contributed by atoms with E-state index in [9.17, 15) is 15.0 Å².